The first-order chi connectivity index (χ1) is 8.56. The highest BCUT2D eigenvalue weighted by atomic mass is 15.2. The molecule has 1 aliphatic heterocycles. The van der Waals surface area contributed by atoms with E-state index in [-0.39, 0.29) is 0 Å². The smallest absolute Gasteiger partial charge is 0.202 e. The van der Waals surface area contributed by atoms with Gasteiger partial charge in [-0.15, -0.1) is 0 Å². The van der Waals surface area contributed by atoms with E-state index in [1.54, 1.807) is 0 Å². The van der Waals surface area contributed by atoms with Crippen LogP contribution in [0.2, 0.25) is 0 Å². The first-order valence-electron chi connectivity index (χ1n) is 7.04. The molecule has 2 atom stereocenters. The highest BCUT2D eigenvalue weighted by Gasteiger charge is 2.23. The van der Waals surface area contributed by atoms with Crippen LogP contribution in [0.15, 0.2) is 12.4 Å². The number of hydrogen-bond donors (Lipinski definition) is 1. The molecule has 0 spiro atoms. The third-order valence-corrected chi connectivity index (χ3v) is 3.82. The molecular formula is C14H26N4. The molecule has 0 aromatic carbocycles. The Morgan fingerprint density at radius 2 is 2.28 bits per heavy atom. The first-order valence-corrected chi connectivity index (χ1v) is 7.04. The van der Waals surface area contributed by atoms with Crippen LogP contribution in [0.3, 0.4) is 0 Å². The molecule has 102 valence electrons. The maximum absolute atomic E-state index is 4.45. The van der Waals surface area contributed by atoms with Crippen LogP contribution in [0.1, 0.15) is 33.6 Å². The molecule has 2 unspecified atom stereocenters. The Morgan fingerprint density at radius 3 is 2.94 bits per heavy atom. The van der Waals surface area contributed by atoms with Gasteiger partial charge in [0.2, 0.25) is 5.95 Å². The van der Waals surface area contributed by atoms with E-state index in [4.69, 9.17) is 0 Å². The zero-order valence-corrected chi connectivity index (χ0v) is 12.1. The van der Waals surface area contributed by atoms with Gasteiger partial charge in [-0.25, -0.2) is 4.98 Å². The lowest BCUT2D eigenvalue weighted by molar-refractivity contribution is 0.189. The van der Waals surface area contributed by atoms with Gasteiger partial charge in [-0.1, -0.05) is 13.8 Å². The van der Waals surface area contributed by atoms with E-state index in [2.05, 4.69) is 53.8 Å². The predicted octanol–water partition coefficient (Wildman–Crippen LogP) is 2.43. The molecule has 1 aliphatic rings. The fraction of sp³-hybridized carbons (Fsp3) is 0.786. The summed E-state index contributed by atoms with van der Waals surface area (Å²) in [5.74, 6) is 1.68. The standard InChI is InChI=1S/C14H26N4/c1-11(2)10-18-8-6-15-14(18)16-13-5-7-17(4)12(3)9-13/h6,8,11-13H,5,7,9-10H2,1-4H3,(H,15,16). The summed E-state index contributed by atoms with van der Waals surface area (Å²) in [6, 6.07) is 1.22. The molecular weight excluding hydrogens is 224 g/mol. The number of imidazole rings is 1. The molecule has 0 aliphatic carbocycles. The molecule has 4 heteroatoms. The molecule has 2 rings (SSSR count). The van der Waals surface area contributed by atoms with Crippen LogP contribution in [0.25, 0.3) is 0 Å². The van der Waals surface area contributed by atoms with Crippen molar-refractivity contribution in [2.75, 3.05) is 18.9 Å². The van der Waals surface area contributed by atoms with E-state index < -0.39 is 0 Å². The number of aromatic nitrogens is 2. The van der Waals surface area contributed by atoms with Crippen molar-refractivity contribution >= 4 is 5.95 Å². The van der Waals surface area contributed by atoms with Crippen LogP contribution < -0.4 is 5.32 Å². The Morgan fingerprint density at radius 1 is 1.50 bits per heavy atom. The predicted molar refractivity (Wildman–Crippen MR) is 75.8 cm³/mol. The maximum Gasteiger partial charge on any atom is 0.202 e. The summed E-state index contributed by atoms with van der Waals surface area (Å²) in [5.41, 5.74) is 0. The summed E-state index contributed by atoms with van der Waals surface area (Å²) in [6.07, 6.45) is 6.37. The van der Waals surface area contributed by atoms with Crippen LogP contribution in [0.5, 0.6) is 0 Å². The maximum atomic E-state index is 4.45. The van der Waals surface area contributed by atoms with E-state index in [1.807, 2.05) is 6.20 Å². The molecule has 0 radical (unpaired) electrons. The minimum Gasteiger partial charge on any atom is -0.353 e. The number of nitrogens with zero attached hydrogens (tertiary/aromatic N) is 3. The Bertz CT molecular complexity index is 372. The molecule has 0 saturated carbocycles. The van der Waals surface area contributed by atoms with Crippen LogP contribution in [0.4, 0.5) is 5.95 Å². The second kappa shape index (κ2) is 5.74. The summed E-state index contributed by atoms with van der Waals surface area (Å²) in [5, 5.41) is 3.61. The number of anilines is 1. The van der Waals surface area contributed by atoms with Crippen LogP contribution in [0, 0.1) is 5.92 Å². The van der Waals surface area contributed by atoms with E-state index in [1.165, 1.54) is 19.4 Å². The van der Waals surface area contributed by atoms with Gasteiger partial charge in [0.15, 0.2) is 0 Å². The van der Waals surface area contributed by atoms with Crippen molar-refractivity contribution in [1.29, 1.82) is 0 Å². The van der Waals surface area contributed by atoms with Gasteiger partial charge < -0.3 is 14.8 Å². The summed E-state index contributed by atoms with van der Waals surface area (Å²) in [4.78, 5) is 6.87. The quantitative estimate of drug-likeness (QED) is 0.891. The molecule has 0 bridgehead atoms. The highest BCUT2D eigenvalue weighted by molar-refractivity contribution is 5.28. The topological polar surface area (TPSA) is 33.1 Å². The third kappa shape index (κ3) is 3.25. The summed E-state index contributed by atoms with van der Waals surface area (Å²) in [7, 11) is 2.21. The number of likely N-dealkylation sites (tertiary alicyclic amines) is 1. The normalized spacial score (nSPS) is 25.6. The number of nitrogens with one attached hydrogen (secondary N) is 1. The fourth-order valence-electron chi connectivity index (χ4n) is 2.59. The Labute approximate surface area is 110 Å². The van der Waals surface area contributed by atoms with Gasteiger partial charge in [0, 0.05) is 37.6 Å². The van der Waals surface area contributed by atoms with Gasteiger partial charge in [0.05, 0.1) is 0 Å². The van der Waals surface area contributed by atoms with Crippen molar-refractivity contribution in [1.82, 2.24) is 14.5 Å². The van der Waals surface area contributed by atoms with Crippen molar-refractivity contribution in [2.45, 2.75) is 52.2 Å². The molecule has 2 heterocycles. The summed E-state index contributed by atoms with van der Waals surface area (Å²) < 4.78 is 2.23. The number of hydrogen-bond acceptors (Lipinski definition) is 3. The zero-order valence-electron chi connectivity index (χ0n) is 12.1. The number of piperidine rings is 1. The molecule has 4 nitrogen and oxygen atoms in total. The largest absolute Gasteiger partial charge is 0.353 e. The molecule has 1 aromatic rings. The SMILES string of the molecule is CC(C)Cn1ccnc1NC1CCN(C)C(C)C1. The fourth-order valence-corrected chi connectivity index (χ4v) is 2.59. The molecule has 1 N–H and O–H groups in total. The lowest BCUT2D eigenvalue weighted by atomic mass is 9.99. The van der Waals surface area contributed by atoms with Crippen molar-refractivity contribution in [2.24, 2.45) is 5.92 Å². The van der Waals surface area contributed by atoms with Gasteiger partial charge >= 0.3 is 0 Å². The summed E-state index contributed by atoms with van der Waals surface area (Å²) in [6.45, 7) is 8.98. The van der Waals surface area contributed by atoms with E-state index in [0.29, 0.717) is 18.0 Å². The third-order valence-electron chi connectivity index (χ3n) is 3.82. The average Bonchev–Trinajstić information content (AvgIpc) is 2.70. The first kappa shape index (κ1) is 13.4. The van der Waals surface area contributed by atoms with Crippen molar-refractivity contribution in [3.8, 4) is 0 Å². The molecule has 18 heavy (non-hydrogen) atoms. The van der Waals surface area contributed by atoms with Gasteiger partial charge in [0.25, 0.3) is 0 Å². The van der Waals surface area contributed by atoms with Crippen molar-refractivity contribution in [3.63, 3.8) is 0 Å². The van der Waals surface area contributed by atoms with Crippen LogP contribution >= 0.6 is 0 Å². The zero-order chi connectivity index (χ0) is 13.1. The molecule has 1 fully saturated rings. The van der Waals surface area contributed by atoms with Crippen LogP contribution in [-0.2, 0) is 6.54 Å². The number of rotatable bonds is 4. The minimum atomic E-state index is 0.560. The van der Waals surface area contributed by atoms with E-state index in [0.717, 1.165) is 12.5 Å². The van der Waals surface area contributed by atoms with Crippen molar-refractivity contribution in [3.05, 3.63) is 12.4 Å². The lowest BCUT2D eigenvalue weighted by Crippen LogP contribution is -2.43. The Balaban J connectivity index is 1.95. The second-order valence-electron chi connectivity index (χ2n) is 5.99. The van der Waals surface area contributed by atoms with Gasteiger partial charge in [-0.3, -0.25) is 0 Å². The molecule has 1 saturated heterocycles. The van der Waals surface area contributed by atoms with Crippen LogP contribution in [-0.4, -0.2) is 40.1 Å². The van der Waals surface area contributed by atoms with Gasteiger partial charge in [0.1, 0.15) is 0 Å². The molecule has 1 aromatic heterocycles. The van der Waals surface area contributed by atoms with E-state index in [9.17, 15) is 0 Å². The monoisotopic (exact) mass is 250 g/mol. The van der Waals surface area contributed by atoms with E-state index >= 15 is 0 Å². The summed E-state index contributed by atoms with van der Waals surface area (Å²) >= 11 is 0. The Hall–Kier alpha value is -1.03. The molecule has 0 amide bonds. The van der Waals surface area contributed by atoms with Crippen molar-refractivity contribution < 1.29 is 0 Å². The van der Waals surface area contributed by atoms with Gasteiger partial charge in [-0.2, -0.15) is 0 Å². The minimum absolute atomic E-state index is 0.560. The Kier molecular flexibility index (Phi) is 4.27. The average molecular weight is 250 g/mol. The highest BCUT2D eigenvalue weighted by Crippen LogP contribution is 2.19. The lowest BCUT2D eigenvalue weighted by Gasteiger charge is -2.35. The second-order valence-corrected chi connectivity index (χ2v) is 5.99. The van der Waals surface area contributed by atoms with Gasteiger partial charge in [-0.05, 0) is 32.7 Å².